The van der Waals surface area contributed by atoms with Gasteiger partial charge in [0.05, 0.1) is 6.54 Å². The van der Waals surface area contributed by atoms with Crippen LogP contribution in [-0.2, 0) is 13.0 Å². The number of nitrogens with one attached hydrogen (secondary N) is 1. The third-order valence-corrected chi connectivity index (χ3v) is 5.55. The van der Waals surface area contributed by atoms with Gasteiger partial charge in [0.2, 0.25) is 0 Å². The molecule has 0 aliphatic heterocycles. The maximum atomic E-state index is 4.39. The molecule has 3 nitrogen and oxygen atoms in total. The van der Waals surface area contributed by atoms with Gasteiger partial charge < -0.3 is 5.32 Å². The topological polar surface area (TPSA) is 37.8 Å². The first-order chi connectivity index (χ1) is 8.99. The van der Waals surface area contributed by atoms with Crippen molar-refractivity contribution in [1.29, 1.82) is 0 Å². The average molecular weight is 279 g/mol. The highest BCUT2D eigenvalue weighted by atomic mass is 32.1. The number of fused-ring (bicyclic) bond motifs is 2. The first-order valence-corrected chi connectivity index (χ1v) is 8.37. The predicted octanol–water partition coefficient (Wildman–Crippen LogP) is 3.40. The Labute approximate surface area is 120 Å². The van der Waals surface area contributed by atoms with Crippen molar-refractivity contribution < 1.29 is 0 Å². The van der Waals surface area contributed by atoms with Gasteiger partial charge in [0, 0.05) is 12.0 Å². The fourth-order valence-electron chi connectivity index (χ4n) is 3.63. The molecule has 3 rings (SSSR count). The second-order valence-electron chi connectivity index (χ2n) is 7.33. The van der Waals surface area contributed by atoms with Gasteiger partial charge in [0.25, 0.3) is 0 Å². The molecule has 3 unspecified atom stereocenters. The van der Waals surface area contributed by atoms with E-state index in [4.69, 9.17) is 0 Å². The van der Waals surface area contributed by atoms with Gasteiger partial charge in [-0.25, -0.2) is 0 Å². The molecule has 1 N–H and O–H groups in total. The Kier molecular flexibility index (Phi) is 3.65. The van der Waals surface area contributed by atoms with Crippen LogP contribution in [-0.4, -0.2) is 15.7 Å². The zero-order valence-electron chi connectivity index (χ0n) is 12.3. The molecular weight excluding hydrogens is 254 g/mol. The summed E-state index contributed by atoms with van der Waals surface area (Å²) in [5.41, 5.74) is 0.149. The van der Waals surface area contributed by atoms with E-state index < -0.39 is 0 Å². The summed E-state index contributed by atoms with van der Waals surface area (Å²) >= 11 is 1.80. The second-order valence-corrected chi connectivity index (χ2v) is 8.48. The van der Waals surface area contributed by atoms with Crippen LogP contribution in [0.25, 0.3) is 0 Å². The molecule has 2 aliphatic carbocycles. The first kappa shape index (κ1) is 13.5. The molecule has 3 atom stereocenters. The molecule has 19 heavy (non-hydrogen) atoms. The Morgan fingerprint density at radius 3 is 2.58 bits per heavy atom. The molecule has 2 fully saturated rings. The van der Waals surface area contributed by atoms with Crippen molar-refractivity contribution in [2.75, 3.05) is 0 Å². The Balaban J connectivity index is 1.53. The van der Waals surface area contributed by atoms with Gasteiger partial charge >= 0.3 is 0 Å². The molecule has 0 spiro atoms. The number of rotatable bonds is 4. The van der Waals surface area contributed by atoms with Crippen LogP contribution in [0.1, 0.15) is 56.5 Å². The molecule has 0 amide bonds. The lowest BCUT2D eigenvalue weighted by Gasteiger charge is -2.20. The number of hydrogen-bond donors (Lipinski definition) is 1. The normalized spacial score (nSPS) is 30.2. The van der Waals surface area contributed by atoms with Crippen LogP contribution in [0.15, 0.2) is 0 Å². The summed E-state index contributed by atoms with van der Waals surface area (Å²) in [6.07, 6.45) is 7.06. The zero-order valence-corrected chi connectivity index (χ0v) is 13.1. The summed E-state index contributed by atoms with van der Waals surface area (Å²) in [5.74, 6) is 2.92. The van der Waals surface area contributed by atoms with Gasteiger partial charge in [-0.2, -0.15) is 0 Å². The lowest BCUT2D eigenvalue weighted by molar-refractivity contribution is 0.330. The minimum atomic E-state index is 0.149. The molecule has 1 heterocycles. The van der Waals surface area contributed by atoms with Crippen molar-refractivity contribution >= 4 is 11.3 Å². The van der Waals surface area contributed by atoms with Crippen LogP contribution in [0.5, 0.6) is 0 Å². The average Bonchev–Trinajstić information content (AvgIpc) is 3.01. The summed E-state index contributed by atoms with van der Waals surface area (Å²) < 4.78 is 0. The van der Waals surface area contributed by atoms with E-state index in [1.165, 1.54) is 37.1 Å². The van der Waals surface area contributed by atoms with Crippen molar-refractivity contribution in [3.05, 3.63) is 10.0 Å². The summed E-state index contributed by atoms with van der Waals surface area (Å²) in [6, 6.07) is 0. The van der Waals surface area contributed by atoms with Gasteiger partial charge in [-0.3, -0.25) is 0 Å². The third-order valence-electron chi connectivity index (χ3n) is 4.60. The molecule has 1 aromatic rings. The van der Waals surface area contributed by atoms with Crippen LogP contribution >= 0.6 is 11.3 Å². The standard InChI is InChI=1S/C15H25N3S/c1-15(2,3)16-9-14-18-17-13(19-14)8-12-7-10-4-5-11(12)6-10/h10-12,16H,4-9H2,1-3H3. The zero-order chi connectivity index (χ0) is 13.5. The van der Waals surface area contributed by atoms with Gasteiger partial charge in [-0.1, -0.05) is 6.42 Å². The predicted molar refractivity (Wildman–Crippen MR) is 79.1 cm³/mol. The van der Waals surface area contributed by atoms with E-state index in [2.05, 4.69) is 36.3 Å². The van der Waals surface area contributed by atoms with Crippen LogP contribution in [0, 0.1) is 17.8 Å². The Morgan fingerprint density at radius 1 is 1.16 bits per heavy atom. The van der Waals surface area contributed by atoms with E-state index in [0.717, 1.165) is 29.3 Å². The van der Waals surface area contributed by atoms with E-state index in [0.29, 0.717) is 0 Å². The molecule has 0 aromatic carbocycles. The summed E-state index contributed by atoms with van der Waals surface area (Å²) in [4.78, 5) is 0. The van der Waals surface area contributed by atoms with Crippen molar-refractivity contribution in [2.24, 2.45) is 17.8 Å². The summed E-state index contributed by atoms with van der Waals surface area (Å²) in [5, 5.41) is 14.6. The van der Waals surface area contributed by atoms with Gasteiger partial charge in [0.1, 0.15) is 10.0 Å². The molecule has 1 aromatic heterocycles. The van der Waals surface area contributed by atoms with Crippen LogP contribution in [0.4, 0.5) is 0 Å². The number of hydrogen-bond acceptors (Lipinski definition) is 4. The van der Waals surface area contributed by atoms with Crippen LogP contribution < -0.4 is 5.32 Å². The Bertz CT molecular complexity index is 435. The van der Waals surface area contributed by atoms with Crippen molar-refractivity contribution in [3.63, 3.8) is 0 Å². The Morgan fingerprint density at radius 2 is 1.95 bits per heavy atom. The quantitative estimate of drug-likeness (QED) is 0.918. The lowest BCUT2D eigenvalue weighted by atomic mass is 9.87. The fraction of sp³-hybridized carbons (Fsp3) is 0.867. The van der Waals surface area contributed by atoms with E-state index in [1.54, 1.807) is 11.3 Å². The van der Waals surface area contributed by atoms with E-state index in [9.17, 15) is 0 Å². The minimum absolute atomic E-state index is 0.149. The Hall–Kier alpha value is -0.480. The molecule has 2 aliphatic rings. The lowest BCUT2D eigenvalue weighted by Crippen LogP contribution is -2.35. The summed E-state index contributed by atoms with van der Waals surface area (Å²) in [6.45, 7) is 7.40. The molecule has 0 radical (unpaired) electrons. The highest BCUT2D eigenvalue weighted by Gasteiger charge is 2.39. The summed E-state index contributed by atoms with van der Waals surface area (Å²) in [7, 11) is 0. The largest absolute Gasteiger partial charge is 0.306 e. The molecule has 106 valence electrons. The maximum absolute atomic E-state index is 4.39. The van der Waals surface area contributed by atoms with Crippen LogP contribution in [0.3, 0.4) is 0 Å². The van der Waals surface area contributed by atoms with E-state index in [1.807, 2.05) is 0 Å². The molecule has 2 saturated carbocycles. The molecule has 4 heteroatoms. The highest BCUT2D eigenvalue weighted by molar-refractivity contribution is 7.11. The molecule has 0 saturated heterocycles. The highest BCUT2D eigenvalue weighted by Crippen LogP contribution is 2.49. The number of nitrogens with zero attached hydrogens (tertiary/aromatic N) is 2. The van der Waals surface area contributed by atoms with Crippen molar-refractivity contribution in [3.8, 4) is 0 Å². The number of aromatic nitrogens is 2. The minimum Gasteiger partial charge on any atom is -0.306 e. The second kappa shape index (κ2) is 5.13. The van der Waals surface area contributed by atoms with Crippen molar-refractivity contribution in [2.45, 2.75) is 65.0 Å². The van der Waals surface area contributed by atoms with E-state index >= 15 is 0 Å². The molecule has 2 bridgehead atoms. The monoisotopic (exact) mass is 279 g/mol. The fourth-order valence-corrected chi connectivity index (χ4v) is 4.51. The van der Waals surface area contributed by atoms with Gasteiger partial charge in [-0.15, -0.1) is 21.5 Å². The van der Waals surface area contributed by atoms with Crippen LogP contribution in [0.2, 0.25) is 0 Å². The van der Waals surface area contributed by atoms with E-state index in [-0.39, 0.29) is 5.54 Å². The molecular formula is C15H25N3S. The first-order valence-electron chi connectivity index (χ1n) is 7.56. The van der Waals surface area contributed by atoms with Gasteiger partial charge in [-0.05, 0) is 57.8 Å². The smallest absolute Gasteiger partial charge is 0.131 e. The third kappa shape index (κ3) is 3.34. The van der Waals surface area contributed by atoms with Gasteiger partial charge in [0.15, 0.2) is 0 Å². The SMILES string of the molecule is CC(C)(C)NCc1nnc(CC2CC3CCC2C3)s1. The maximum Gasteiger partial charge on any atom is 0.131 e. The van der Waals surface area contributed by atoms with Crippen molar-refractivity contribution in [1.82, 2.24) is 15.5 Å².